The van der Waals surface area contributed by atoms with Crippen LogP contribution in [0.4, 0.5) is 0 Å². The fraction of sp³-hybridized carbons (Fsp3) is 0.444. The summed E-state index contributed by atoms with van der Waals surface area (Å²) in [4.78, 5) is 23.8. The van der Waals surface area contributed by atoms with Crippen molar-refractivity contribution in [1.29, 1.82) is 0 Å². The summed E-state index contributed by atoms with van der Waals surface area (Å²) >= 11 is 0. The Morgan fingerprint density at radius 2 is 1.87 bits per heavy atom. The molecule has 1 aromatic carbocycles. The Balaban J connectivity index is 1.51. The molecule has 23 heavy (non-hydrogen) atoms. The molecule has 1 aliphatic rings. The molecule has 1 fully saturated rings. The van der Waals surface area contributed by atoms with Crippen molar-refractivity contribution in [2.45, 2.75) is 32.2 Å². The zero-order valence-corrected chi connectivity index (χ0v) is 13.2. The minimum atomic E-state index is -0.161. The lowest BCUT2D eigenvalue weighted by Gasteiger charge is -2.25. The summed E-state index contributed by atoms with van der Waals surface area (Å²) in [6.45, 7) is 0.393. The second kappa shape index (κ2) is 6.86. The van der Waals surface area contributed by atoms with Crippen molar-refractivity contribution in [1.82, 2.24) is 5.32 Å². The second-order valence-corrected chi connectivity index (χ2v) is 6.04. The monoisotopic (exact) mass is 315 g/mol. The summed E-state index contributed by atoms with van der Waals surface area (Å²) in [5.41, 5.74) is 0.829. The maximum absolute atomic E-state index is 12.3. The number of rotatable bonds is 4. The van der Waals surface area contributed by atoms with E-state index in [0.29, 0.717) is 6.54 Å². The number of fused-ring (bicyclic) bond motifs is 1. The molecule has 1 saturated carbocycles. The van der Waals surface area contributed by atoms with Crippen molar-refractivity contribution < 1.29 is 18.7 Å². The van der Waals surface area contributed by atoms with E-state index in [1.54, 1.807) is 0 Å². The molecule has 1 amide bonds. The highest BCUT2D eigenvalue weighted by molar-refractivity contribution is 5.80. The van der Waals surface area contributed by atoms with Crippen molar-refractivity contribution in [2.24, 2.45) is 11.8 Å². The third-order valence-corrected chi connectivity index (χ3v) is 4.55. The highest BCUT2D eigenvalue weighted by Gasteiger charge is 2.30. The fourth-order valence-corrected chi connectivity index (χ4v) is 3.20. The van der Waals surface area contributed by atoms with Crippen LogP contribution < -0.4 is 5.32 Å². The molecule has 0 radical (unpaired) electrons. The predicted octanol–water partition coefficient (Wildman–Crippen LogP) is 3.03. The number of hydrogen-bond donors (Lipinski definition) is 1. The zero-order valence-electron chi connectivity index (χ0n) is 13.2. The average molecular weight is 315 g/mol. The van der Waals surface area contributed by atoms with Crippen LogP contribution >= 0.6 is 0 Å². The highest BCUT2D eigenvalue weighted by Crippen LogP contribution is 2.29. The van der Waals surface area contributed by atoms with E-state index < -0.39 is 0 Å². The number of methoxy groups -OCH3 is 1. The molecule has 1 heterocycles. The quantitative estimate of drug-likeness (QED) is 0.881. The molecule has 0 spiro atoms. The molecule has 0 unspecified atom stereocenters. The lowest BCUT2D eigenvalue weighted by atomic mass is 9.81. The molecular weight excluding hydrogens is 294 g/mol. The number of carbonyl (C=O) groups excluding carboxylic acids is 2. The van der Waals surface area contributed by atoms with E-state index in [2.05, 4.69) is 5.32 Å². The predicted molar refractivity (Wildman–Crippen MR) is 85.5 cm³/mol. The van der Waals surface area contributed by atoms with E-state index >= 15 is 0 Å². The first-order valence-electron chi connectivity index (χ1n) is 8.00. The number of carbonyl (C=O) groups is 2. The number of para-hydroxylation sites is 1. The summed E-state index contributed by atoms with van der Waals surface area (Å²) in [6.07, 6.45) is 2.89. The van der Waals surface area contributed by atoms with Gasteiger partial charge in [0, 0.05) is 11.3 Å². The van der Waals surface area contributed by atoms with E-state index in [1.165, 1.54) is 7.11 Å². The van der Waals surface area contributed by atoms with Crippen LogP contribution in [0.5, 0.6) is 0 Å². The molecule has 0 aliphatic heterocycles. The van der Waals surface area contributed by atoms with Crippen molar-refractivity contribution in [3.63, 3.8) is 0 Å². The van der Waals surface area contributed by atoms with E-state index in [-0.39, 0.29) is 23.7 Å². The van der Waals surface area contributed by atoms with Crippen LogP contribution in [0.2, 0.25) is 0 Å². The Kier molecular flexibility index (Phi) is 4.65. The maximum atomic E-state index is 12.3. The van der Waals surface area contributed by atoms with Gasteiger partial charge in [0.25, 0.3) is 0 Å². The topological polar surface area (TPSA) is 68.5 Å². The Bertz CT molecular complexity index is 665. The van der Waals surface area contributed by atoms with Crippen LogP contribution in [0.3, 0.4) is 0 Å². The van der Waals surface area contributed by atoms with Gasteiger partial charge in [-0.3, -0.25) is 9.59 Å². The number of ether oxygens (including phenoxy) is 1. The van der Waals surface area contributed by atoms with Crippen LogP contribution in [0.1, 0.15) is 31.4 Å². The number of amides is 1. The SMILES string of the molecule is COC(=O)C1CCC(C(=O)NCc2cc3ccccc3o2)CC1. The third-order valence-electron chi connectivity index (χ3n) is 4.55. The third kappa shape index (κ3) is 3.55. The van der Waals surface area contributed by atoms with Gasteiger partial charge in [0.05, 0.1) is 19.6 Å². The molecule has 1 aliphatic carbocycles. The Labute approximate surface area is 135 Å². The summed E-state index contributed by atoms with van der Waals surface area (Å²) in [5, 5.41) is 3.98. The van der Waals surface area contributed by atoms with Gasteiger partial charge in [-0.25, -0.2) is 0 Å². The molecule has 1 aromatic heterocycles. The van der Waals surface area contributed by atoms with E-state index in [9.17, 15) is 9.59 Å². The smallest absolute Gasteiger partial charge is 0.308 e. The molecule has 0 bridgehead atoms. The highest BCUT2D eigenvalue weighted by atomic mass is 16.5. The van der Waals surface area contributed by atoms with Gasteiger partial charge in [0.15, 0.2) is 0 Å². The van der Waals surface area contributed by atoms with Gasteiger partial charge in [-0.1, -0.05) is 18.2 Å². The molecule has 3 rings (SSSR count). The molecule has 1 N–H and O–H groups in total. The first-order valence-corrected chi connectivity index (χ1v) is 8.00. The molecule has 2 aromatic rings. The summed E-state index contributed by atoms with van der Waals surface area (Å²) in [7, 11) is 1.41. The molecule has 0 saturated heterocycles. The van der Waals surface area contributed by atoms with Gasteiger partial charge >= 0.3 is 5.97 Å². The first kappa shape index (κ1) is 15.6. The van der Waals surface area contributed by atoms with Crippen LogP contribution in [0.25, 0.3) is 11.0 Å². The van der Waals surface area contributed by atoms with Gasteiger partial charge in [-0.2, -0.15) is 0 Å². The van der Waals surface area contributed by atoms with Crippen molar-refractivity contribution in [3.8, 4) is 0 Å². The first-order chi connectivity index (χ1) is 11.2. The molecule has 122 valence electrons. The molecule has 0 atom stereocenters. The normalized spacial score (nSPS) is 21.1. The number of furan rings is 1. The molecule has 5 heteroatoms. The number of benzene rings is 1. The fourth-order valence-electron chi connectivity index (χ4n) is 3.20. The van der Waals surface area contributed by atoms with Crippen LogP contribution in [-0.4, -0.2) is 19.0 Å². The second-order valence-electron chi connectivity index (χ2n) is 6.04. The number of esters is 1. The average Bonchev–Trinajstić information content (AvgIpc) is 3.02. The van der Waals surface area contributed by atoms with Gasteiger partial charge in [-0.05, 0) is 37.8 Å². The molecule has 5 nitrogen and oxygen atoms in total. The summed E-state index contributed by atoms with van der Waals surface area (Å²) in [5.74, 6) is 0.544. The van der Waals surface area contributed by atoms with Gasteiger partial charge in [0.2, 0.25) is 5.91 Å². The Morgan fingerprint density at radius 1 is 1.17 bits per heavy atom. The number of nitrogens with one attached hydrogen (secondary N) is 1. The van der Waals surface area contributed by atoms with Crippen LogP contribution in [-0.2, 0) is 20.9 Å². The lowest BCUT2D eigenvalue weighted by molar-refractivity contribution is -0.147. The van der Waals surface area contributed by atoms with Gasteiger partial charge in [0.1, 0.15) is 11.3 Å². The number of hydrogen-bond acceptors (Lipinski definition) is 4. The largest absolute Gasteiger partial charge is 0.469 e. The van der Waals surface area contributed by atoms with Gasteiger partial charge in [-0.15, -0.1) is 0 Å². The van der Waals surface area contributed by atoms with Crippen molar-refractivity contribution in [2.75, 3.05) is 7.11 Å². The van der Waals surface area contributed by atoms with Crippen molar-refractivity contribution >= 4 is 22.8 Å². The summed E-state index contributed by atoms with van der Waals surface area (Å²) < 4.78 is 10.5. The zero-order chi connectivity index (χ0) is 16.2. The minimum absolute atomic E-state index is 0.0275. The standard InChI is InChI=1S/C18H21NO4/c1-22-18(21)13-8-6-12(7-9-13)17(20)19-11-15-10-14-4-2-3-5-16(14)23-15/h2-5,10,12-13H,6-9,11H2,1H3,(H,19,20). The minimum Gasteiger partial charge on any atom is -0.469 e. The Hall–Kier alpha value is -2.30. The van der Waals surface area contributed by atoms with E-state index in [0.717, 1.165) is 42.4 Å². The molecular formula is C18H21NO4. The van der Waals surface area contributed by atoms with Crippen LogP contribution in [0, 0.1) is 11.8 Å². The maximum Gasteiger partial charge on any atom is 0.308 e. The van der Waals surface area contributed by atoms with Crippen molar-refractivity contribution in [3.05, 3.63) is 36.1 Å². The van der Waals surface area contributed by atoms with E-state index in [4.69, 9.17) is 9.15 Å². The van der Waals surface area contributed by atoms with Gasteiger partial charge < -0.3 is 14.5 Å². The Morgan fingerprint density at radius 3 is 2.57 bits per heavy atom. The van der Waals surface area contributed by atoms with E-state index in [1.807, 2.05) is 30.3 Å². The van der Waals surface area contributed by atoms with Crippen LogP contribution in [0.15, 0.2) is 34.7 Å². The lowest BCUT2D eigenvalue weighted by Crippen LogP contribution is -2.34. The summed E-state index contributed by atoms with van der Waals surface area (Å²) in [6, 6.07) is 9.73.